The van der Waals surface area contributed by atoms with Crippen molar-refractivity contribution < 1.29 is 0 Å². The third-order valence-electron chi connectivity index (χ3n) is 2.23. The van der Waals surface area contributed by atoms with Gasteiger partial charge < -0.3 is 5.73 Å². The summed E-state index contributed by atoms with van der Waals surface area (Å²) in [7, 11) is 0. The molecule has 1 aromatic carbocycles. The van der Waals surface area contributed by atoms with Crippen LogP contribution in [0.2, 0.25) is 0 Å². The summed E-state index contributed by atoms with van der Waals surface area (Å²) in [5.74, 6) is 1.14. The van der Waals surface area contributed by atoms with E-state index < -0.39 is 0 Å². The maximum atomic E-state index is 5.62. The van der Waals surface area contributed by atoms with Crippen LogP contribution in [0.15, 0.2) is 36.7 Å². The van der Waals surface area contributed by atoms with Gasteiger partial charge in [-0.25, -0.2) is 4.98 Å². The van der Waals surface area contributed by atoms with E-state index in [1.54, 1.807) is 16.9 Å². The zero-order chi connectivity index (χ0) is 11.0. The number of nitrogen functional groups attached to an aromatic ring is 1. The fraction of sp³-hybridized carbons (Fsp3) is 0. The average molecular weight is 212 g/mol. The largest absolute Gasteiger partial charge is 0.399 e. The Morgan fingerprint density at radius 3 is 2.62 bits per heavy atom. The van der Waals surface area contributed by atoms with Crippen LogP contribution in [0, 0.1) is 0 Å². The van der Waals surface area contributed by atoms with Gasteiger partial charge in [-0.05, 0) is 24.3 Å². The Labute approximate surface area is 90.8 Å². The molecule has 78 valence electrons. The topological polar surface area (TPSA) is 82.0 Å². The van der Waals surface area contributed by atoms with Crippen LogP contribution in [0.3, 0.4) is 0 Å². The first-order chi connectivity index (χ1) is 7.84. The van der Waals surface area contributed by atoms with Gasteiger partial charge in [-0.1, -0.05) is 0 Å². The number of nitrogens with zero attached hydrogens (tertiary/aromatic N) is 5. The summed E-state index contributed by atoms with van der Waals surface area (Å²) in [6.45, 7) is 0. The number of fused-ring (bicyclic) bond motifs is 1. The average Bonchev–Trinajstić information content (AvgIpc) is 2.74. The lowest BCUT2D eigenvalue weighted by Gasteiger charge is -1.98. The first-order valence-corrected chi connectivity index (χ1v) is 4.73. The van der Waals surface area contributed by atoms with Crippen molar-refractivity contribution in [2.45, 2.75) is 0 Å². The molecule has 16 heavy (non-hydrogen) atoms. The van der Waals surface area contributed by atoms with E-state index in [9.17, 15) is 0 Å². The summed E-state index contributed by atoms with van der Waals surface area (Å²) < 4.78 is 1.59. The fourth-order valence-electron chi connectivity index (χ4n) is 1.47. The van der Waals surface area contributed by atoms with Gasteiger partial charge in [0.2, 0.25) is 0 Å². The first-order valence-electron chi connectivity index (χ1n) is 4.73. The van der Waals surface area contributed by atoms with Crippen LogP contribution in [-0.2, 0) is 0 Å². The molecule has 3 aromatic rings. The maximum Gasteiger partial charge on any atom is 0.272 e. The van der Waals surface area contributed by atoms with E-state index in [1.807, 2.05) is 24.3 Å². The molecule has 6 heteroatoms. The highest BCUT2D eigenvalue weighted by molar-refractivity contribution is 5.60. The van der Waals surface area contributed by atoms with Gasteiger partial charge in [0.25, 0.3) is 5.78 Å². The van der Waals surface area contributed by atoms with Crippen LogP contribution in [0.1, 0.15) is 0 Å². The van der Waals surface area contributed by atoms with Crippen molar-refractivity contribution in [2.24, 2.45) is 0 Å². The molecule has 0 spiro atoms. The lowest BCUT2D eigenvalue weighted by Crippen LogP contribution is -1.95. The van der Waals surface area contributed by atoms with E-state index >= 15 is 0 Å². The third-order valence-corrected chi connectivity index (χ3v) is 2.23. The third kappa shape index (κ3) is 1.28. The fourth-order valence-corrected chi connectivity index (χ4v) is 1.47. The van der Waals surface area contributed by atoms with Crippen molar-refractivity contribution in [1.82, 2.24) is 24.8 Å². The van der Waals surface area contributed by atoms with E-state index in [0.29, 0.717) is 17.3 Å². The first kappa shape index (κ1) is 8.78. The number of nitrogens with two attached hydrogens (primary N) is 1. The molecule has 6 nitrogen and oxygen atoms in total. The SMILES string of the molecule is Nc1ccc(-c2nnc3nccnn23)cc1. The number of anilines is 1. The molecule has 0 aliphatic heterocycles. The summed E-state index contributed by atoms with van der Waals surface area (Å²) in [6.07, 6.45) is 3.17. The van der Waals surface area contributed by atoms with Crippen LogP contribution in [0.5, 0.6) is 0 Å². The summed E-state index contributed by atoms with van der Waals surface area (Å²) in [4.78, 5) is 4.05. The highest BCUT2D eigenvalue weighted by Gasteiger charge is 2.08. The molecule has 0 aliphatic rings. The van der Waals surface area contributed by atoms with Crippen molar-refractivity contribution in [3.05, 3.63) is 36.7 Å². The van der Waals surface area contributed by atoms with Crippen LogP contribution in [0.4, 0.5) is 5.69 Å². The number of benzene rings is 1. The van der Waals surface area contributed by atoms with Gasteiger partial charge >= 0.3 is 0 Å². The van der Waals surface area contributed by atoms with Gasteiger partial charge in [0.15, 0.2) is 5.82 Å². The highest BCUT2D eigenvalue weighted by atomic mass is 15.4. The second kappa shape index (κ2) is 3.27. The molecule has 2 N–H and O–H groups in total. The second-order valence-electron chi connectivity index (χ2n) is 3.30. The summed E-state index contributed by atoms with van der Waals surface area (Å²) >= 11 is 0. The van der Waals surface area contributed by atoms with Gasteiger partial charge in [-0.15, -0.1) is 10.2 Å². The molecule has 0 bridgehead atoms. The van der Waals surface area contributed by atoms with Gasteiger partial charge in [0.05, 0.1) is 12.4 Å². The molecule has 0 amide bonds. The lowest BCUT2D eigenvalue weighted by molar-refractivity contribution is 0.906. The molecule has 0 unspecified atom stereocenters. The second-order valence-corrected chi connectivity index (χ2v) is 3.30. The molecule has 0 radical (unpaired) electrons. The van der Waals surface area contributed by atoms with Crippen LogP contribution < -0.4 is 5.73 Å². The molecule has 2 aromatic heterocycles. The van der Waals surface area contributed by atoms with Crippen LogP contribution in [-0.4, -0.2) is 24.8 Å². The molecule has 0 atom stereocenters. The normalized spacial score (nSPS) is 10.8. The van der Waals surface area contributed by atoms with Gasteiger partial charge in [-0.3, -0.25) is 0 Å². The van der Waals surface area contributed by atoms with Crippen molar-refractivity contribution in [1.29, 1.82) is 0 Å². The number of hydrogen-bond acceptors (Lipinski definition) is 5. The number of hydrogen-bond donors (Lipinski definition) is 1. The molecule has 0 saturated carbocycles. The van der Waals surface area contributed by atoms with Crippen molar-refractivity contribution in [3.63, 3.8) is 0 Å². The van der Waals surface area contributed by atoms with Crippen molar-refractivity contribution >= 4 is 11.5 Å². The maximum absolute atomic E-state index is 5.62. The number of aromatic nitrogens is 5. The Balaban J connectivity index is 2.22. The number of rotatable bonds is 1. The van der Waals surface area contributed by atoms with E-state index in [2.05, 4.69) is 20.3 Å². The predicted octanol–water partition coefficient (Wildman–Crippen LogP) is 0.768. The van der Waals surface area contributed by atoms with Crippen LogP contribution in [0.25, 0.3) is 17.2 Å². The Morgan fingerprint density at radius 1 is 1.00 bits per heavy atom. The minimum Gasteiger partial charge on any atom is -0.399 e. The van der Waals surface area contributed by atoms with E-state index in [-0.39, 0.29) is 0 Å². The highest BCUT2D eigenvalue weighted by Crippen LogP contribution is 2.17. The molecule has 0 aliphatic carbocycles. The zero-order valence-electron chi connectivity index (χ0n) is 8.28. The van der Waals surface area contributed by atoms with Gasteiger partial charge in [-0.2, -0.15) is 9.61 Å². The quantitative estimate of drug-likeness (QED) is 0.602. The smallest absolute Gasteiger partial charge is 0.272 e. The van der Waals surface area contributed by atoms with Gasteiger partial charge in [0.1, 0.15) is 0 Å². The Bertz CT molecular complexity index is 627. The Hall–Kier alpha value is -2.50. The van der Waals surface area contributed by atoms with Crippen LogP contribution >= 0.6 is 0 Å². The standard InChI is InChI=1S/C10H8N6/c11-8-3-1-7(2-4-8)9-14-15-10-12-5-6-13-16(9)10/h1-6H,11H2. The molecule has 3 rings (SSSR count). The minimum absolute atomic E-state index is 0.481. The monoisotopic (exact) mass is 212 g/mol. The minimum atomic E-state index is 0.481. The molecule has 0 saturated heterocycles. The van der Waals surface area contributed by atoms with Crippen molar-refractivity contribution in [3.8, 4) is 11.4 Å². The van der Waals surface area contributed by atoms with Gasteiger partial charge in [0, 0.05) is 11.3 Å². The molecule has 0 fully saturated rings. The van der Waals surface area contributed by atoms with Crippen molar-refractivity contribution in [2.75, 3.05) is 5.73 Å². The van der Waals surface area contributed by atoms with E-state index in [1.165, 1.54) is 0 Å². The lowest BCUT2D eigenvalue weighted by atomic mass is 10.2. The summed E-state index contributed by atoms with van der Waals surface area (Å²) in [6, 6.07) is 7.38. The van der Waals surface area contributed by atoms with E-state index in [0.717, 1.165) is 5.56 Å². The Morgan fingerprint density at radius 2 is 1.81 bits per heavy atom. The Kier molecular flexibility index (Phi) is 1.79. The van der Waals surface area contributed by atoms with E-state index in [4.69, 9.17) is 5.73 Å². The summed E-state index contributed by atoms with van der Waals surface area (Å²) in [5, 5.41) is 12.1. The molecule has 2 heterocycles. The molecular weight excluding hydrogens is 204 g/mol. The molecular formula is C10H8N6. The zero-order valence-corrected chi connectivity index (χ0v) is 8.28. The summed E-state index contributed by atoms with van der Waals surface area (Å²) in [5.41, 5.74) is 7.24. The predicted molar refractivity (Wildman–Crippen MR) is 58.4 cm³/mol.